The van der Waals surface area contributed by atoms with Crippen LogP contribution in [0.4, 0.5) is 11.4 Å². The Morgan fingerprint density at radius 2 is 2.00 bits per heavy atom. The van der Waals surface area contributed by atoms with Crippen molar-refractivity contribution < 1.29 is 17.9 Å². The van der Waals surface area contributed by atoms with Crippen molar-refractivity contribution in [1.82, 2.24) is 0 Å². The third-order valence-corrected chi connectivity index (χ3v) is 8.15. The standard InChI is InChI=1S/C20H25BrN2O4S2/c1-13(2)9-10-23-15-11-14(22-29(25,26)18-8-7-17(21)28-18)5-6-16(15)27-12-20(3,4)19(23)24/h5-8,11,13,22H,9-10,12H2,1-4H3. The third-order valence-electron chi connectivity index (χ3n) is 4.66. The number of fused-ring (bicyclic) bond motifs is 1. The molecule has 2 aromatic rings. The summed E-state index contributed by atoms with van der Waals surface area (Å²) in [6.45, 7) is 8.75. The van der Waals surface area contributed by atoms with Gasteiger partial charge in [0.1, 0.15) is 16.6 Å². The number of anilines is 2. The van der Waals surface area contributed by atoms with Crippen LogP contribution >= 0.6 is 27.3 Å². The summed E-state index contributed by atoms with van der Waals surface area (Å²) in [5.41, 5.74) is 0.312. The second-order valence-corrected chi connectivity index (χ2v) is 12.5. The molecule has 29 heavy (non-hydrogen) atoms. The van der Waals surface area contributed by atoms with Crippen LogP contribution in [-0.4, -0.2) is 27.5 Å². The number of halogens is 1. The van der Waals surface area contributed by atoms with E-state index in [1.807, 2.05) is 13.8 Å². The van der Waals surface area contributed by atoms with E-state index in [0.717, 1.165) is 21.5 Å². The van der Waals surface area contributed by atoms with Gasteiger partial charge in [0.15, 0.2) is 0 Å². The van der Waals surface area contributed by atoms with Crippen molar-refractivity contribution in [3.05, 3.63) is 34.1 Å². The van der Waals surface area contributed by atoms with Crippen LogP contribution in [0.25, 0.3) is 0 Å². The highest BCUT2D eigenvalue weighted by atomic mass is 79.9. The third kappa shape index (κ3) is 4.95. The first kappa shape index (κ1) is 22.1. The number of hydrogen-bond donors (Lipinski definition) is 1. The highest BCUT2D eigenvalue weighted by Gasteiger charge is 2.37. The lowest BCUT2D eigenvalue weighted by Gasteiger charge is -2.28. The van der Waals surface area contributed by atoms with Gasteiger partial charge in [0.05, 0.1) is 20.6 Å². The number of amides is 1. The van der Waals surface area contributed by atoms with E-state index < -0.39 is 15.4 Å². The van der Waals surface area contributed by atoms with Crippen molar-refractivity contribution in [2.24, 2.45) is 11.3 Å². The molecule has 1 amide bonds. The molecule has 1 aromatic heterocycles. The summed E-state index contributed by atoms with van der Waals surface area (Å²) >= 11 is 4.42. The van der Waals surface area contributed by atoms with Gasteiger partial charge in [-0.3, -0.25) is 9.52 Å². The van der Waals surface area contributed by atoms with Gasteiger partial charge in [-0.15, -0.1) is 11.3 Å². The van der Waals surface area contributed by atoms with E-state index in [1.54, 1.807) is 35.2 Å². The first-order valence-electron chi connectivity index (χ1n) is 9.36. The summed E-state index contributed by atoms with van der Waals surface area (Å²) < 4.78 is 34.8. The molecule has 0 fully saturated rings. The van der Waals surface area contributed by atoms with E-state index in [0.29, 0.717) is 29.6 Å². The maximum Gasteiger partial charge on any atom is 0.271 e. The molecular weight excluding hydrogens is 476 g/mol. The van der Waals surface area contributed by atoms with E-state index in [2.05, 4.69) is 34.5 Å². The summed E-state index contributed by atoms with van der Waals surface area (Å²) in [5, 5.41) is 0. The number of nitrogens with one attached hydrogen (secondary N) is 1. The molecule has 3 rings (SSSR count). The number of thiophene rings is 1. The molecule has 0 bridgehead atoms. The molecular formula is C20H25BrN2O4S2. The Balaban J connectivity index is 1.97. The fraction of sp³-hybridized carbons (Fsp3) is 0.450. The molecule has 1 aliphatic rings. The predicted molar refractivity (Wildman–Crippen MR) is 120 cm³/mol. The Morgan fingerprint density at radius 1 is 1.28 bits per heavy atom. The lowest BCUT2D eigenvalue weighted by molar-refractivity contribution is -0.127. The average Bonchev–Trinajstić information content (AvgIpc) is 3.04. The fourth-order valence-electron chi connectivity index (χ4n) is 2.97. The molecule has 1 N–H and O–H groups in total. The van der Waals surface area contributed by atoms with E-state index in [-0.39, 0.29) is 16.7 Å². The quantitative estimate of drug-likeness (QED) is 0.597. The molecule has 0 spiro atoms. The van der Waals surface area contributed by atoms with Gasteiger partial charge in [0.2, 0.25) is 5.91 Å². The van der Waals surface area contributed by atoms with Gasteiger partial charge in [-0.05, 0) is 72.4 Å². The monoisotopic (exact) mass is 500 g/mol. The second kappa shape index (κ2) is 8.28. The van der Waals surface area contributed by atoms with Crippen molar-refractivity contribution in [2.75, 3.05) is 22.8 Å². The highest BCUT2D eigenvalue weighted by molar-refractivity contribution is 9.11. The largest absolute Gasteiger partial charge is 0.490 e. The summed E-state index contributed by atoms with van der Waals surface area (Å²) in [4.78, 5) is 14.9. The second-order valence-electron chi connectivity index (χ2n) is 8.16. The Bertz CT molecular complexity index is 1020. The maximum absolute atomic E-state index is 13.2. The smallest absolute Gasteiger partial charge is 0.271 e. The number of carbonyl (C=O) groups is 1. The van der Waals surface area contributed by atoms with Crippen LogP contribution in [0.2, 0.25) is 0 Å². The number of carbonyl (C=O) groups excluding carboxylic acids is 1. The number of sulfonamides is 1. The molecule has 0 unspecified atom stereocenters. The zero-order valence-electron chi connectivity index (χ0n) is 16.9. The normalized spacial score (nSPS) is 16.3. The zero-order valence-corrected chi connectivity index (χ0v) is 20.1. The van der Waals surface area contributed by atoms with E-state index in [1.165, 1.54) is 0 Å². The van der Waals surface area contributed by atoms with Crippen LogP contribution in [0, 0.1) is 11.3 Å². The van der Waals surface area contributed by atoms with Gasteiger partial charge in [-0.1, -0.05) is 13.8 Å². The van der Waals surface area contributed by atoms with Crippen molar-refractivity contribution in [3.8, 4) is 5.75 Å². The molecule has 0 saturated heterocycles. The molecule has 9 heteroatoms. The molecule has 2 heterocycles. The predicted octanol–water partition coefficient (Wildman–Crippen LogP) is 5.11. The Kier molecular flexibility index (Phi) is 6.31. The molecule has 0 saturated carbocycles. The first-order valence-corrected chi connectivity index (χ1v) is 12.5. The van der Waals surface area contributed by atoms with Crippen molar-refractivity contribution in [1.29, 1.82) is 0 Å². The fourth-order valence-corrected chi connectivity index (χ4v) is 6.02. The van der Waals surface area contributed by atoms with E-state index in [9.17, 15) is 13.2 Å². The van der Waals surface area contributed by atoms with Crippen LogP contribution in [0.15, 0.2) is 38.3 Å². The maximum atomic E-state index is 13.2. The van der Waals surface area contributed by atoms with Crippen LogP contribution in [-0.2, 0) is 14.8 Å². The van der Waals surface area contributed by atoms with Crippen LogP contribution in [0.5, 0.6) is 5.75 Å². The topological polar surface area (TPSA) is 75.7 Å². The number of benzene rings is 1. The van der Waals surface area contributed by atoms with Crippen LogP contribution < -0.4 is 14.4 Å². The van der Waals surface area contributed by atoms with Gasteiger partial charge in [0.25, 0.3) is 10.0 Å². The molecule has 158 valence electrons. The minimum absolute atomic E-state index is 0.0286. The average molecular weight is 501 g/mol. The van der Waals surface area contributed by atoms with Crippen LogP contribution in [0.3, 0.4) is 0 Å². The SMILES string of the molecule is CC(C)CCN1C(=O)C(C)(C)COc2ccc(NS(=O)(=O)c3ccc(Br)s3)cc21. The van der Waals surface area contributed by atoms with Crippen LogP contribution in [0.1, 0.15) is 34.1 Å². The first-order chi connectivity index (χ1) is 13.5. The Labute approximate surface area is 184 Å². The van der Waals surface area contributed by atoms with Gasteiger partial charge < -0.3 is 9.64 Å². The minimum Gasteiger partial charge on any atom is -0.490 e. The molecule has 6 nitrogen and oxygen atoms in total. The molecule has 0 aliphatic carbocycles. The lowest BCUT2D eigenvalue weighted by atomic mass is 9.92. The molecule has 1 aromatic carbocycles. The van der Waals surface area contributed by atoms with Gasteiger partial charge in [-0.25, -0.2) is 8.42 Å². The number of rotatable bonds is 6. The molecule has 0 radical (unpaired) electrons. The summed E-state index contributed by atoms with van der Waals surface area (Å²) in [5.74, 6) is 0.978. The summed E-state index contributed by atoms with van der Waals surface area (Å²) in [7, 11) is -3.71. The van der Waals surface area contributed by atoms with Crippen molar-refractivity contribution in [3.63, 3.8) is 0 Å². The number of nitrogens with zero attached hydrogens (tertiary/aromatic N) is 1. The molecule has 0 atom stereocenters. The van der Waals surface area contributed by atoms with Crippen molar-refractivity contribution >= 4 is 54.6 Å². The van der Waals surface area contributed by atoms with E-state index >= 15 is 0 Å². The molecule has 1 aliphatic heterocycles. The van der Waals surface area contributed by atoms with E-state index in [4.69, 9.17) is 4.74 Å². The summed E-state index contributed by atoms with van der Waals surface area (Å²) in [6, 6.07) is 8.29. The van der Waals surface area contributed by atoms with Gasteiger partial charge in [0, 0.05) is 6.54 Å². The Hall–Kier alpha value is -1.58. The van der Waals surface area contributed by atoms with Crippen molar-refractivity contribution in [2.45, 2.75) is 38.3 Å². The summed E-state index contributed by atoms with van der Waals surface area (Å²) in [6.07, 6.45) is 0.834. The van der Waals surface area contributed by atoms with Gasteiger partial charge >= 0.3 is 0 Å². The van der Waals surface area contributed by atoms with Gasteiger partial charge in [-0.2, -0.15) is 0 Å². The number of hydrogen-bond acceptors (Lipinski definition) is 5. The number of ether oxygens (including phenoxy) is 1. The highest BCUT2D eigenvalue weighted by Crippen LogP contribution is 2.39. The zero-order chi connectivity index (χ0) is 21.4. The lowest BCUT2D eigenvalue weighted by Crippen LogP contribution is -2.42. The minimum atomic E-state index is -3.71. The Morgan fingerprint density at radius 3 is 2.62 bits per heavy atom.